The van der Waals surface area contributed by atoms with Crippen molar-refractivity contribution in [3.8, 4) is 0 Å². The number of halogens is 1. The molecule has 1 aliphatic heterocycles. The Morgan fingerprint density at radius 1 is 1.38 bits per heavy atom. The molecular weight excluding hydrogens is 314 g/mol. The van der Waals surface area contributed by atoms with Crippen molar-refractivity contribution in [3.63, 3.8) is 0 Å². The van der Waals surface area contributed by atoms with E-state index in [1.807, 2.05) is 0 Å². The highest BCUT2D eigenvalue weighted by Gasteiger charge is 2.16. The fraction of sp³-hybridized carbons (Fsp3) is 0.429. The Bertz CT molecular complexity index is 532. The summed E-state index contributed by atoms with van der Waals surface area (Å²) in [7, 11) is 0. The molecule has 1 heterocycles. The summed E-state index contributed by atoms with van der Waals surface area (Å²) in [6.45, 7) is 1.48. The Kier molecular flexibility index (Phi) is 5.90. The molecular formula is C14H16ClNO4S. The minimum absolute atomic E-state index is 0.0896. The van der Waals surface area contributed by atoms with Gasteiger partial charge in [-0.15, -0.1) is 11.8 Å². The van der Waals surface area contributed by atoms with Gasteiger partial charge in [0.05, 0.1) is 22.0 Å². The molecule has 0 aliphatic carbocycles. The molecule has 0 saturated carbocycles. The topological polar surface area (TPSA) is 75.6 Å². The number of rotatable bonds is 5. The molecule has 1 fully saturated rings. The second-order valence-corrected chi connectivity index (χ2v) is 6.37. The van der Waals surface area contributed by atoms with Gasteiger partial charge in [-0.1, -0.05) is 11.6 Å². The Morgan fingerprint density at radius 3 is 2.76 bits per heavy atom. The van der Waals surface area contributed by atoms with Crippen LogP contribution in [0.5, 0.6) is 0 Å². The summed E-state index contributed by atoms with van der Waals surface area (Å²) in [5.74, 6) is -0.923. The largest absolute Gasteiger partial charge is 0.478 e. The van der Waals surface area contributed by atoms with Crippen molar-refractivity contribution in [2.75, 3.05) is 24.3 Å². The zero-order valence-corrected chi connectivity index (χ0v) is 12.9. The predicted molar refractivity (Wildman–Crippen MR) is 83.3 cm³/mol. The monoisotopic (exact) mass is 329 g/mol. The van der Waals surface area contributed by atoms with E-state index < -0.39 is 5.97 Å². The van der Waals surface area contributed by atoms with E-state index in [0.29, 0.717) is 21.7 Å². The van der Waals surface area contributed by atoms with Crippen LogP contribution < -0.4 is 5.32 Å². The number of hydrogen-bond acceptors (Lipinski definition) is 4. The molecule has 0 spiro atoms. The first-order valence-electron chi connectivity index (χ1n) is 6.58. The zero-order valence-electron chi connectivity index (χ0n) is 11.3. The number of carbonyl (C=O) groups is 2. The van der Waals surface area contributed by atoms with Crippen molar-refractivity contribution in [1.29, 1.82) is 0 Å². The van der Waals surface area contributed by atoms with Crippen LogP contribution in [0.3, 0.4) is 0 Å². The van der Waals surface area contributed by atoms with Gasteiger partial charge in [-0.05, 0) is 31.0 Å². The van der Waals surface area contributed by atoms with E-state index in [1.165, 1.54) is 18.2 Å². The van der Waals surface area contributed by atoms with Gasteiger partial charge in [-0.3, -0.25) is 4.79 Å². The van der Waals surface area contributed by atoms with Crippen molar-refractivity contribution < 1.29 is 19.4 Å². The third-order valence-electron chi connectivity index (χ3n) is 3.11. The second-order valence-electron chi connectivity index (χ2n) is 4.67. The van der Waals surface area contributed by atoms with Crippen molar-refractivity contribution in [2.24, 2.45) is 0 Å². The van der Waals surface area contributed by atoms with E-state index in [1.54, 1.807) is 11.8 Å². The lowest BCUT2D eigenvalue weighted by Gasteiger charge is -2.21. The summed E-state index contributed by atoms with van der Waals surface area (Å²) in [4.78, 5) is 22.8. The normalized spacial score (nSPS) is 15.7. The second kappa shape index (κ2) is 7.68. The molecule has 7 heteroatoms. The summed E-state index contributed by atoms with van der Waals surface area (Å²) >= 11 is 7.55. The Morgan fingerprint density at radius 2 is 2.10 bits per heavy atom. The van der Waals surface area contributed by atoms with Crippen LogP contribution in [0.4, 0.5) is 5.69 Å². The molecule has 2 rings (SSSR count). The summed E-state index contributed by atoms with van der Waals surface area (Å²) < 4.78 is 5.27. The van der Waals surface area contributed by atoms with Gasteiger partial charge < -0.3 is 15.2 Å². The Balaban J connectivity index is 1.89. The first kappa shape index (κ1) is 16.1. The number of amides is 1. The highest BCUT2D eigenvalue weighted by atomic mass is 35.5. The van der Waals surface area contributed by atoms with Crippen molar-refractivity contribution in [2.45, 2.75) is 18.1 Å². The zero-order chi connectivity index (χ0) is 15.2. The number of thioether (sulfide) groups is 1. The average Bonchev–Trinajstić information content (AvgIpc) is 2.48. The molecule has 1 aromatic carbocycles. The van der Waals surface area contributed by atoms with E-state index >= 15 is 0 Å². The number of carboxylic acid groups (broad SMARTS) is 1. The molecule has 1 saturated heterocycles. The van der Waals surface area contributed by atoms with Crippen LogP contribution in [0.2, 0.25) is 5.02 Å². The molecule has 1 amide bonds. The van der Waals surface area contributed by atoms with Crippen LogP contribution in [0.25, 0.3) is 0 Å². The van der Waals surface area contributed by atoms with Gasteiger partial charge in [0.25, 0.3) is 0 Å². The third kappa shape index (κ3) is 4.91. The van der Waals surface area contributed by atoms with Crippen molar-refractivity contribution in [3.05, 3.63) is 28.8 Å². The molecule has 1 aromatic rings. The fourth-order valence-electron chi connectivity index (χ4n) is 1.98. The van der Waals surface area contributed by atoms with Gasteiger partial charge in [0.2, 0.25) is 5.91 Å². The summed E-state index contributed by atoms with van der Waals surface area (Å²) in [6, 6.07) is 4.23. The van der Waals surface area contributed by atoms with Gasteiger partial charge >= 0.3 is 5.97 Å². The van der Waals surface area contributed by atoms with Crippen LogP contribution in [0.15, 0.2) is 18.2 Å². The van der Waals surface area contributed by atoms with Gasteiger partial charge in [0.15, 0.2) is 0 Å². The molecule has 2 N–H and O–H groups in total. The predicted octanol–water partition coefficient (Wildman–Crippen LogP) is 2.89. The van der Waals surface area contributed by atoms with E-state index in [2.05, 4.69) is 5.32 Å². The average molecular weight is 330 g/mol. The van der Waals surface area contributed by atoms with Crippen LogP contribution in [-0.2, 0) is 9.53 Å². The third-order valence-corrected chi connectivity index (χ3v) is 4.81. The van der Waals surface area contributed by atoms with Crippen molar-refractivity contribution in [1.82, 2.24) is 0 Å². The van der Waals surface area contributed by atoms with E-state index in [9.17, 15) is 9.59 Å². The number of nitrogens with one attached hydrogen (secondary N) is 1. The first-order valence-corrected chi connectivity index (χ1v) is 8.01. The van der Waals surface area contributed by atoms with Crippen LogP contribution in [0.1, 0.15) is 23.2 Å². The summed E-state index contributed by atoms with van der Waals surface area (Å²) in [5.41, 5.74) is 0.418. The number of carbonyl (C=O) groups excluding carboxylic acids is 1. The molecule has 1 aliphatic rings. The van der Waals surface area contributed by atoms with Gasteiger partial charge in [-0.25, -0.2) is 4.79 Å². The lowest BCUT2D eigenvalue weighted by molar-refractivity contribution is -0.113. The van der Waals surface area contributed by atoms with Gasteiger partial charge in [0, 0.05) is 18.5 Å². The maximum absolute atomic E-state index is 11.9. The Hall–Kier alpha value is -1.24. The molecule has 5 nitrogen and oxygen atoms in total. The molecule has 0 bridgehead atoms. The summed E-state index contributed by atoms with van der Waals surface area (Å²) in [5, 5.41) is 12.4. The van der Waals surface area contributed by atoms with E-state index in [4.69, 9.17) is 21.4 Å². The van der Waals surface area contributed by atoms with Crippen molar-refractivity contribution >= 4 is 40.9 Å². The lowest BCUT2D eigenvalue weighted by Crippen LogP contribution is -2.21. The van der Waals surface area contributed by atoms with Crippen LogP contribution >= 0.6 is 23.4 Å². The first-order chi connectivity index (χ1) is 10.1. The van der Waals surface area contributed by atoms with E-state index in [-0.39, 0.29) is 11.5 Å². The van der Waals surface area contributed by atoms with Crippen LogP contribution in [0, 0.1) is 0 Å². The summed E-state index contributed by atoms with van der Waals surface area (Å²) in [6.07, 6.45) is 1.90. The quantitative estimate of drug-likeness (QED) is 0.868. The highest BCUT2D eigenvalue weighted by Crippen LogP contribution is 2.25. The molecule has 0 atom stereocenters. The van der Waals surface area contributed by atoms with E-state index in [0.717, 1.165) is 26.1 Å². The minimum Gasteiger partial charge on any atom is -0.478 e. The molecule has 0 unspecified atom stereocenters. The Labute approximate surface area is 132 Å². The molecule has 0 radical (unpaired) electrons. The SMILES string of the molecule is O=C(CSC1CCOCC1)Nc1cc(C(=O)O)ccc1Cl. The minimum atomic E-state index is -1.06. The maximum atomic E-state index is 11.9. The smallest absolute Gasteiger partial charge is 0.335 e. The number of aromatic carboxylic acids is 1. The number of anilines is 1. The van der Waals surface area contributed by atoms with Gasteiger partial charge in [0.1, 0.15) is 0 Å². The van der Waals surface area contributed by atoms with Gasteiger partial charge in [-0.2, -0.15) is 0 Å². The number of hydrogen-bond donors (Lipinski definition) is 2. The highest BCUT2D eigenvalue weighted by molar-refractivity contribution is 8.00. The number of carboxylic acids is 1. The molecule has 21 heavy (non-hydrogen) atoms. The van der Waals surface area contributed by atoms with Crippen LogP contribution in [-0.4, -0.2) is 41.2 Å². The maximum Gasteiger partial charge on any atom is 0.335 e. The number of ether oxygens (including phenoxy) is 1. The molecule has 0 aromatic heterocycles. The lowest BCUT2D eigenvalue weighted by atomic mass is 10.2. The standard InChI is InChI=1S/C14H16ClNO4S/c15-11-2-1-9(14(18)19)7-12(11)16-13(17)8-21-10-3-5-20-6-4-10/h1-2,7,10H,3-6,8H2,(H,16,17)(H,18,19). The molecule has 114 valence electrons. The number of benzene rings is 1. The fourth-order valence-corrected chi connectivity index (χ4v) is 3.13.